The monoisotopic (exact) mass is 278 g/mol. The van der Waals surface area contributed by atoms with Crippen LogP contribution >= 0.6 is 0 Å². The van der Waals surface area contributed by atoms with E-state index in [0.717, 1.165) is 6.42 Å². The third-order valence-corrected chi connectivity index (χ3v) is 3.00. The lowest BCUT2D eigenvalue weighted by Gasteiger charge is -2.13. The molecule has 1 aromatic rings. The molecule has 1 aliphatic carbocycles. The molecule has 9 heteroatoms. The van der Waals surface area contributed by atoms with Gasteiger partial charge in [-0.25, -0.2) is 9.78 Å². The molecule has 1 N–H and O–H groups in total. The average molecular weight is 278 g/mol. The van der Waals surface area contributed by atoms with Crippen LogP contribution in [0.15, 0.2) is 12.7 Å². The predicted molar refractivity (Wildman–Crippen MR) is 56.4 cm³/mol. The summed E-state index contributed by atoms with van der Waals surface area (Å²) in [6.07, 6.45) is 0.169. The summed E-state index contributed by atoms with van der Waals surface area (Å²) in [4.78, 5) is 18.4. The zero-order chi connectivity index (χ0) is 13.9. The van der Waals surface area contributed by atoms with E-state index in [1.165, 1.54) is 6.33 Å². The van der Waals surface area contributed by atoms with Crippen LogP contribution in [-0.2, 0) is 16.2 Å². The number of alkyl halides is 3. The van der Waals surface area contributed by atoms with E-state index in [0.29, 0.717) is 19.4 Å². The van der Waals surface area contributed by atoms with E-state index >= 15 is 0 Å². The Morgan fingerprint density at radius 2 is 2.26 bits per heavy atom. The van der Waals surface area contributed by atoms with E-state index in [2.05, 4.69) is 20.4 Å². The third kappa shape index (κ3) is 3.91. The van der Waals surface area contributed by atoms with Crippen molar-refractivity contribution in [3.8, 4) is 0 Å². The van der Waals surface area contributed by atoms with Gasteiger partial charge in [-0.2, -0.15) is 18.3 Å². The Morgan fingerprint density at radius 3 is 2.89 bits per heavy atom. The minimum Gasteiger partial charge on any atom is -0.363 e. The number of hydrogen-bond donors (Lipinski definition) is 1. The summed E-state index contributed by atoms with van der Waals surface area (Å²) >= 11 is 0. The van der Waals surface area contributed by atoms with Gasteiger partial charge in [-0.15, -0.1) is 5.48 Å². The second-order valence-electron chi connectivity index (χ2n) is 4.50. The fourth-order valence-corrected chi connectivity index (χ4v) is 2.13. The van der Waals surface area contributed by atoms with Crippen molar-refractivity contribution in [2.75, 3.05) is 0 Å². The van der Waals surface area contributed by atoms with Gasteiger partial charge in [-0.1, -0.05) is 0 Å². The second-order valence-corrected chi connectivity index (χ2v) is 4.50. The molecule has 0 saturated heterocycles. The molecule has 1 heterocycles. The van der Waals surface area contributed by atoms with Gasteiger partial charge in [-0.05, 0) is 25.2 Å². The molecule has 0 unspecified atom stereocenters. The van der Waals surface area contributed by atoms with E-state index in [-0.39, 0.29) is 12.0 Å². The summed E-state index contributed by atoms with van der Waals surface area (Å²) in [6, 6.07) is -0.250. The molecule has 2 rings (SSSR count). The number of nitrogens with one attached hydrogen (secondary N) is 1. The number of rotatable bonds is 4. The van der Waals surface area contributed by atoms with Crippen LogP contribution in [-0.4, -0.2) is 33.0 Å². The Bertz CT molecular complexity index is 421. The first-order valence-corrected chi connectivity index (χ1v) is 5.81. The largest absolute Gasteiger partial charge is 0.492 e. The van der Waals surface area contributed by atoms with Crippen LogP contribution in [0.25, 0.3) is 0 Å². The molecule has 0 aliphatic heterocycles. The van der Waals surface area contributed by atoms with Crippen LogP contribution < -0.4 is 5.48 Å². The minimum atomic E-state index is -4.97. The average Bonchev–Trinajstić information content (AvgIpc) is 2.97. The van der Waals surface area contributed by atoms with Gasteiger partial charge >= 0.3 is 12.1 Å². The molecule has 0 spiro atoms. The Morgan fingerprint density at radius 1 is 1.47 bits per heavy atom. The van der Waals surface area contributed by atoms with Gasteiger partial charge in [0.1, 0.15) is 12.7 Å². The molecule has 1 fully saturated rings. The summed E-state index contributed by atoms with van der Waals surface area (Å²) in [7, 11) is 0. The SMILES string of the molecule is O=C(ON[C@@H]1CC[C@H](Cn2cncn2)C1)C(F)(F)F. The minimum absolute atomic E-state index is 0.250. The van der Waals surface area contributed by atoms with Crippen LogP contribution in [0.3, 0.4) is 0 Å². The molecule has 1 saturated carbocycles. The molecule has 0 radical (unpaired) electrons. The lowest BCUT2D eigenvalue weighted by Crippen LogP contribution is -2.36. The summed E-state index contributed by atoms with van der Waals surface area (Å²) < 4.78 is 37.4. The Balaban J connectivity index is 1.72. The number of halogens is 3. The molecule has 0 amide bonds. The number of hydroxylamine groups is 1. The van der Waals surface area contributed by atoms with Gasteiger partial charge in [0.25, 0.3) is 0 Å². The highest BCUT2D eigenvalue weighted by Gasteiger charge is 2.42. The second kappa shape index (κ2) is 5.55. The van der Waals surface area contributed by atoms with E-state index in [1.807, 2.05) is 0 Å². The molecule has 1 aliphatic rings. The quantitative estimate of drug-likeness (QED) is 0.834. The molecular weight excluding hydrogens is 265 g/mol. The summed E-state index contributed by atoms with van der Waals surface area (Å²) in [6.45, 7) is 0.658. The first kappa shape index (κ1) is 13.8. The summed E-state index contributed by atoms with van der Waals surface area (Å²) in [5.74, 6) is -1.93. The van der Waals surface area contributed by atoms with Gasteiger partial charge in [0.05, 0.1) is 0 Å². The first-order valence-electron chi connectivity index (χ1n) is 5.81. The van der Waals surface area contributed by atoms with Crippen LogP contribution in [0.4, 0.5) is 13.2 Å². The van der Waals surface area contributed by atoms with E-state index in [9.17, 15) is 18.0 Å². The molecule has 1 aromatic heterocycles. The van der Waals surface area contributed by atoms with E-state index in [4.69, 9.17) is 0 Å². The van der Waals surface area contributed by atoms with Gasteiger partial charge in [-0.3, -0.25) is 4.68 Å². The normalized spacial score (nSPS) is 23.5. The highest BCUT2D eigenvalue weighted by Crippen LogP contribution is 2.27. The third-order valence-electron chi connectivity index (χ3n) is 3.00. The number of hydrogen-bond acceptors (Lipinski definition) is 5. The molecule has 106 valence electrons. The maximum absolute atomic E-state index is 11.9. The molecule has 6 nitrogen and oxygen atoms in total. The highest BCUT2D eigenvalue weighted by molar-refractivity contribution is 5.75. The van der Waals surface area contributed by atoms with Crippen LogP contribution in [0, 0.1) is 5.92 Å². The van der Waals surface area contributed by atoms with Gasteiger partial charge in [0.2, 0.25) is 0 Å². The first-order chi connectivity index (χ1) is 8.95. The van der Waals surface area contributed by atoms with Crippen molar-refractivity contribution in [3.63, 3.8) is 0 Å². The fraction of sp³-hybridized carbons (Fsp3) is 0.700. The number of carbonyl (C=O) groups is 1. The smallest absolute Gasteiger partial charge is 0.363 e. The zero-order valence-corrected chi connectivity index (χ0v) is 9.93. The summed E-state index contributed by atoms with van der Waals surface area (Å²) in [5, 5.41) is 3.96. The van der Waals surface area contributed by atoms with Crippen LogP contribution in [0.5, 0.6) is 0 Å². The lowest BCUT2D eigenvalue weighted by atomic mass is 10.1. The molecule has 0 aromatic carbocycles. The van der Waals surface area contributed by atoms with Crippen LogP contribution in [0.1, 0.15) is 19.3 Å². The maximum Gasteiger partial charge on any atom is 0.492 e. The van der Waals surface area contributed by atoms with Crippen molar-refractivity contribution in [3.05, 3.63) is 12.7 Å². The van der Waals surface area contributed by atoms with Gasteiger partial charge < -0.3 is 4.84 Å². The number of nitrogens with zero attached hydrogens (tertiary/aromatic N) is 3. The van der Waals surface area contributed by atoms with Crippen molar-refractivity contribution >= 4 is 5.97 Å². The van der Waals surface area contributed by atoms with E-state index < -0.39 is 12.1 Å². The number of carbonyl (C=O) groups excluding carboxylic acids is 1. The van der Waals surface area contributed by atoms with Gasteiger partial charge in [0.15, 0.2) is 0 Å². The van der Waals surface area contributed by atoms with E-state index in [1.54, 1.807) is 11.0 Å². The Labute approximate surface area is 106 Å². The van der Waals surface area contributed by atoms with Crippen molar-refractivity contribution in [1.82, 2.24) is 20.2 Å². The topological polar surface area (TPSA) is 69.0 Å². The standard InChI is InChI=1S/C10H13F3N4O2/c11-10(12,13)9(18)19-16-8-2-1-7(3-8)4-17-6-14-5-15-17/h5-8,16H,1-4H2/t7-,8+/m0/s1. The molecule has 2 atom stereocenters. The lowest BCUT2D eigenvalue weighted by molar-refractivity contribution is -0.208. The van der Waals surface area contributed by atoms with Gasteiger partial charge in [0, 0.05) is 12.6 Å². The van der Waals surface area contributed by atoms with Crippen molar-refractivity contribution in [1.29, 1.82) is 0 Å². The van der Waals surface area contributed by atoms with Crippen LogP contribution in [0.2, 0.25) is 0 Å². The summed E-state index contributed by atoms with van der Waals surface area (Å²) in [5.41, 5.74) is 2.18. The highest BCUT2D eigenvalue weighted by atomic mass is 19.4. The van der Waals surface area contributed by atoms with Crippen molar-refractivity contribution < 1.29 is 22.8 Å². The molecule has 0 bridgehead atoms. The maximum atomic E-state index is 11.9. The predicted octanol–water partition coefficient (Wildman–Crippen LogP) is 1.06. The fourth-order valence-electron chi connectivity index (χ4n) is 2.13. The Hall–Kier alpha value is -1.64. The van der Waals surface area contributed by atoms with Crippen molar-refractivity contribution in [2.45, 2.75) is 38.0 Å². The molecular formula is C10H13F3N4O2. The zero-order valence-electron chi connectivity index (χ0n) is 9.93. The number of aromatic nitrogens is 3. The van der Waals surface area contributed by atoms with Crippen molar-refractivity contribution in [2.24, 2.45) is 5.92 Å². The molecule has 19 heavy (non-hydrogen) atoms. The Kier molecular flexibility index (Phi) is 4.03.